The van der Waals surface area contributed by atoms with Crippen LogP contribution in [0.2, 0.25) is 0 Å². The monoisotopic (exact) mass is 410 g/mol. The number of aryl methyl sites for hydroxylation is 1. The molecule has 0 radical (unpaired) electrons. The zero-order valence-corrected chi connectivity index (χ0v) is 17.0. The van der Waals surface area contributed by atoms with Crippen LogP contribution in [-0.4, -0.2) is 23.9 Å². The van der Waals surface area contributed by atoms with E-state index in [0.29, 0.717) is 0 Å². The Labute approximate surface area is 173 Å². The van der Waals surface area contributed by atoms with E-state index in [-0.39, 0.29) is 24.6 Å². The van der Waals surface area contributed by atoms with Gasteiger partial charge in [-0.25, -0.2) is 4.39 Å². The Bertz CT molecular complexity index is 1030. The molecule has 1 aromatic heterocycles. The standard InChI is InChI=1S/C24H23FO3S/c1-15-2-5-18(24-23(28-24)11-8-20(14-26)27-24)12-17(15)13-21-9-10-22(29-21)16-3-6-19(25)7-4-16/h2-7,9-10,12,20,23,26H,8,11,13-14H2,1H3. The third-order valence-electron chi connectivity index (χ3n) is 5.89. The Morgan fingerprint density at radius 2 is 1.90 bits per heavy atom. The molecule has 3 heterocycles. The lowest BCUT2D eigenvalue weighted by Crippen LogP contribution is -2.32. The molecule has 3 atom stereocenters. The molecule has 0 amide bonds. The number of hydrogen-bond donors (Lipinski definition) is 1. The molecule has 3 nitrogen and oxygen atoms in total. The number of epoxide rings is 1. The number of aliphatic hydroxyl groups is 1. The predicted octanol–water partition coefficient (Wildman–Crippen LogP) is 5.18. The highest BCUT2D eigenvalue weighted by Gasteiger charge is 2.62. The van der Waals surface area contributed by atoms with Gasteiger partial charge >= 0.3 is 0 Å². The van der Waals surface area contributed by atoms with Crippen LogP contribution in [0.5, 0.6) is 0 Å². The molecule has 2 aromatic carbocycles. The highest BCUT2D eigenvalue weighted by molar-refractivity contribution is 7.15. The molecule has 2 fully saturated rings. The number of ether oxygens (including phenoxy) is 2. The molecule has 3 unspecified atom stereocenters. The first-order chi connectivity index (χ1) is 14.1. The number of fused-ring (bicyclic) bond motifs is 1. The number of thiophene rings is 1. The first kappa shape index (κ1) is 18.9. The minimum atomic E-state index is -0.678. The molecular formula is C24H23FO3S. The van der Waals surface area contributed by atoms with Gasteiger partial charge in [0.15, 0.2) is 0 Å². The lowest BCUT2D eigenvalue weighted by atomic mass is 9.94. The minimum absolute atomic E-state index is 0.0257. The van der Waals surface area contributed by atoms with Gasteiger partial charge in [-0.3, -0.25) is 0 Å². The second kappa shape index (κ2) is 7.33. The van der Waals surface area contributed by atoms with Gasteiger partial charge in [0.25, 0.3) is 0 Å². The fourth-order valence-corrected chi connectivity index (χ4v) is 5.17. The van der Waals surface area contributed by atoms with Crippen molar-refractivity contribution in [2.75, 3.05) is 6.61 Å². The summed E-state index contributed by atoms with van der Waals surface area (Å²) in [5.41, 5.74) is 4.55. The maximum Gasteiger partial charge on any atom is 0.223 e. The predicted molar refractivity (Wildman–Crippen MR) is 111 cm³/mol. The summed E-state index contributed by atoms with van der Waals surface area (Å²) in [6.07, 6.45) is 2.51. The lowest BCUT2D eigenvalue weighted by Gasteiger charge is -2.26. The van der Waals surface area contributed by atoms with Crippen molar-refractivity contribution in [2.24, 2.45) is 0 Å². The van der Waals surface area contributed by atoms with E-state index in [1.54, 1.807) is 11.3 Å². The summed E-state index contributed by atoms with van der Waals surface area (Å²) in [4.78, 5) is 2.40. The summed E-state index contributed by atoms with van der Waals surface area (Å²) in [5.74, 6) is -0.894. The lowest BCUT2D eigenvalue weighted by molar-refractivity contribution is -0.121. The molecule has 0 aliphatic carbocycles. The summed E-state index contributed by atoms with van der Waals surface area (Å²) in [5, 5.41) is 9.49. The molecular weight excluding hydrogens is 387 g/mol. The van der Waals surface area contributed by atoms with Crippen LogP contribution in [0.1, 0.15) is 34.4 Å². The SMILES string of the molecule is Cc1ccc(C23OC(CO)CCC2O3)cc1Cc1ccc(-c2ccc(F)cc2)s1. The Morgan fingerprint density at radius 3 is 2.69 bits per heavy atom. The van der Waals surface area contributed by atoms with Crippen LogP contribution in [0.4, 0.5) is 4.39 Å². The minimum Gasteiger partial charge on any atom is -0.394 e. The number of benzene rings is 2. The van der Waals surface area contributed by atoms with Crippen LogP contribution < -0.4 is 0 Å². The third-order valence-corrected chi connectivity index (χ3v) is 7.02. The molecule has 29 heavy (non-hydrogen) atoms. The molecule has 2 saturated heterocycles. The van der Waals surface area contributed by atoms with Crippen LogP contribution in [0.3, 0.4) is 0 Å². The quantitative estimate of drug-likeness (QED) is 0.590. The summed E-state index contributed by atoms with van der Waals surface area (Å²) >= 11 is 1.73. The summed E-state index contributed by atoms with van der Waals surface area (Å²) in [6.45, 7) is 2.15. The molecule has 3 aromatic rings. The molecule has 1 N–H and O–H groups in total. The van der Waals surface area contributed by atoms with Crippen molar-refractivity contribution in [2.45, 2.75) is 44.2 Å². The second-order valence-electron chi connectivity index (χ2n) is 7.86. The molecule has 2 aliphatic heterocycles. The fraction of sp³-hybridized carbons (Fsp3) is 0.333. The molecule has 150 valence electrons. The van der Waals surface area contributed by atoms with Crippen LogP contribution in [-0.2, 0) is 21.7 Å². The van der Waals surface area contributed by atoms with Crippen molar-refractivity contribution in [1.82, 2.24) is 0 Å². The smallest absolute Gasteiger partial charge is 0.223 e. The molecule has 5 heteroatoms. The van der Waals surface area contributed by atoms with Gasteiger partial charge < -0.3 is 14.6 Å². The largest absolute Gasteiger partial charge is 0.394 e. The van der Waals surface area contributed by atoms with Crippen molar-refractivity contribution < 1.29 is 19.0 Å². The highest BCUT2D eigenvalue weighted by Crippen LogP contribution is 2.54. The second-order valence-corrected chi connectivity index (χ2v) is 9.03. The van der Waals surface area contributed by atoms with E-state index in [2.05, 4.69) is 37.3 Å². The maximum atomic E-state index is 13.2. The van der Waals surface area contributed by atoms with Gasteiger partial charge in [0.05, 0.1) is 12.7 Å². The summed E-state index contributed by atoms with van der Waals surface area (Å²) in [7, 11) is 0. The average molecular weight is 411 g/mol. The number of halogens is 1. The summed E-state index contributed by atoms with van der Waals surface area (Å²) < 4.78 is 25.2. The van der Waals surface area contributed by atoms with Crippen molar-refractivity contribution >= 4 is 11.3 Å². The van der Waals surface area contributed by atoms with Crippen molar-refractivity contribution in [1.29, 1.82) is 0 Å². The topological polar surface area (TPSA) is 42.0 Å². The fourth-order valence-electron chi connectivity index (χ4n) is 4.13. The van der Waals surface area contributed by atoms with Gasteiger partial charge in [-0.15, -0.1) is 11.3 Å². The van der Waals surface area contributed by atoms with Crippen molar-refractivity contribution in [3.8, 4) is 10.4 Å². The maximum absolute atomic E-state index is 13.2. The van der Waals surface area contributed by atoms with Gasteiger partial charge in [-0.2, -0.15) is 0 Å². The van der Waals surface area contributed by atoms with Crippen LogP contribution in [0.25, 0.3) is 10.4 Å². The Balaban J connectivity index is 1.39. The highest BCUT2D eigenvalue weighted by atomic mass is 32.1. The van der Waals surface area contributed by atoms with Gasteiger partial charge in [-0.1, -0.05) is 24.3 Å². The number of aliphatic hydroxyl groups excluding tert-OH is 1. The van der Waals surface area contributed by atoms with Crippen molar-refractivity contribution in [3.63, 3.8) is 0 Å². The Morgan fingerprint density at radius 1 is 1.07 bits per heavy atom. The molecule has 5 rings (SSSR count). The van der Waals surface area contributed by atoms with Crippen LogP contribution in [0, 0.1) is 12.7 Å². The Hall–Kier alpha value is -2.05. The van der Waals surface area contributed by atoms with Crippen molar-refractivity contribution in [3.05, 3.63) is 82.0 Å². The molecule has 0 spiro atoms. The van der Waals surface area contributed by atoms with Crippen LogP contribution >= 0.6 is 11.3 Å². The Kier molecular flexibility index (Phi) is 4.79. The first-order valence-electron chi connectivity index (χ1n) is 9.98. The van der Waals surface area contributed by atoms with Gasteiger partial charge in [0.2, 0.25) is 5.79 Å². The third kappa shape index (κ3) is 3.53. The van der Waals surface area contributed by atoms with E-state index in [9.17, 15) is 9.50 Å². The first-order valence-corrected chi connectivity index (χ1v) is 10.8. The molecule has 0 saturated carbocycles. The van der Waals surface area contributed by atoms with E-state index in [4.69, 9.17) is 9.47 Å². The number of rotatable bonds is 5. The van der Waals surface area contributed by atoms with E-state index < -0.39 is 5.79 Å². The van der Waals surface area contributed by atoms with E-state index in [1.807, 2.05) is 12.1 Å². The van der Waals surface area contributed by atoms with Gasteiger partial charge in [0, 0.05) is 21.7 Å². The van der Waals surface area contributed by atoms with Gasteiger partial charge in [-0.05, 0) is 66.8 Å². The normalized spacial score (nSPS) is 25.6. The van der Waals surface area contributed by atoms with E-state index in [1.165, 1.54) is 28.1 Å². The van der Waals surface area contributed by atoms with Gasteiger partial charge in [0.1, 0.15) is 11.9 Å². The summed E-state index contributed by atoms with van der Waals surface area (Å²) in [6, 6.07) is 17.3. The molecule has 2 aliphatic rings. The van der Waals surface area contributed by atoms with E-state index in [0.717, 1.165) is 35.3 Å². The average Bonchev–Trinajstić information content (AvgIpc) is 3.30. The number of hydrogen-bond acceptors (Lipinski definition) is 4. The zero-order valence-electron chi connectivity index (χ0n) is 16.2. The molecule has 0 bridgehead atoms. The zero-order chi connectivity index (χ0) is 20.0. The van der Waals surface area contributed by atoms with Crippen LogP contribution in [0.15, 0.2) is 54.6 Å². The van der Waals surface area contributed by atoms with E-state index >= 15 is 0 Å².